The van der Waals surface area contributed by atoms with Gasteiger partial charge in [-0.2, -0.15) is 0 Å². The van der Waals surface area contributed by atoms with Crippen molar-refractivity contribution < 1.29 is 19.1 Å². The highest BCUT2D eigenvalue weighted by Gasteiger charge is 2.44. The lowest BCUT2D eigenvalue weighted by Crippen LogP contribution is -2.60. The second kappa shape index (κ2) is 9.71. The van der Waals surface area contributed by atoms with Gasteiger partial charge in [0.05, 0.1) is 0 Å². The Hall–Kier alpha value is -2.24. The average Bonchev–Trinajstić information content (AvgIpc) is 2.73. The number of benzene rings is 1. The van der Waals surface area contributed by atoms with E-state index in [9.17, 15) is 9.59 Å². The van der Waals surface area contributed by atoms with Crippen molar-refractivity contribution in [1.82, 2.24) is 10.2 Å². The van der Waals surface area contributed by atoms with Crippen LogP contribution in [0.15, 0.2) is 30.3 Å². The number of rotatable bonds is 4. The first kappa shape index (κ1) is 22.4. The summed E-state index contributed by atoms with van der Waals surface area (Å²) < 4.78 is 11.1. The lowest BCUT2D eigenvalue weighted by Gasteiger charge is -2.48. The van der Waals surface area contributed by atoms with Crippen molar-refractivity contribution in [3.63, 3.8) is 0 Å². The molecule has 0 radical (unpaired) electrons. The maximum absolute atomic E-state index is 12.7. The van der Waals surface area contributed by atoms with E-state index < -0.39 is 5.60 Å². The van der Waals surface area contributed by atoms with E-state index >= 15 is 0 Å². The standard InChI is InChI=1S/C24H36N2O4/c1-23(2,3)30-22(28)26-16-14-24(15-17-26,20-12-8-5-9-13-20)25-21(27)29-18-19-10-6-4-7-11-19/h4,6-7,10-11,20H,5,8-9,12-18H2,1-3H3,(H,25,27). The number of carbonyl (C=O) groups is 2. The number of amides is 2. The molecule has 1 aliphatic heterocycles. The summed E-state index contributed by atoms with van der Waals surface area (Å²) in [4.78, 5) is 26.9. The van der Waals surface area contributed by atoms with Gasteiger partial charge < -0.3 is 19.7 Å². The lowest BCUT2D eigenvalue weighted by atomic mass is 9.70. The van der Waals surface area contributed by atoms with Crippen LogP contribution in [0.4, 0.5) is 9.59 Å². The molecular formula is C24H36N2O4. The molecule has 0 spiro atoms. The average molecular weight is 417 g/mol. The first-order valence-corrected chi connectivity index (χ1v) is 11.2. The maximum Gasteiger partial charge on any atom is 0.410 e. The van der Waals surface area contributed by atoms with Crippen LogP contribution in [-0.2, 0) is 16.1 Å². The summed E-state index contributed by atoms with van der Waals surface area (Å²) in [6.45, 7) is 7.08. The highest BCUT2D eigenvalue weighted by molar-refractivity contribution is 5.70. The first-order valence-electron chi connectivity index (χ1n) is 11.2. The van der Waals surface area contributed by atoms with Gasteiger partial charge in [0.15, 0.2) is 0 Å². The molecule has 6 heteroatoms. The molecule has 1 saturated carbocycles. The lowest BCUT2D eigenvalue weighted by molar-refractivity contribution is 0.00633. The van der Waals surface area contributed by atoms with Gasteiger partial charge in [-0.1, -0.05) is 49.6 Å². The zero-order valence-electron chi connectivity index (χ0n) is 18.6. The molecule has 1 heterocycles. The van der Waals surface area contributed by atoms with E-state index in [0.717, 1.165) is 31.2 Å². The Bertz CT molecular complexity index is 700. The number of nitrogens with one attached hydrogen (secondary N) is 1. The third kappa shape index (κ3) is 6.13. The van der Waals surface area contributed by atoms with Gasteiger partial charge in [-0.15, -0.1) is 0 Å². The van der Waals surface area contributed by atoms with Crippen LogP contribution in [0, 0.1) is 5.92 Å². The van der Waals surface area contributed by atoms with Crippen molar-refractivity contribution in [3.8, 4) is 0 Å². The smallest absolute Gasteiger partial charge is 0.410 e. The Morgan fingerprint density at radius 1 is 1.07 bits per heavy atom. The molecule has 0 unspecified atom stereocenters. The molecule has 2 fully saturated rings. The predicted molar refractivity (Wildman–Crippen MR) is 116 cm³/mol. The summed E-state index contributed by atoms with van der Waals surface area (Å²) >= 11 is 0. The molecule has 0 bridgehead atoms. The van der Waals surface area contributed by atoms with Gasteiger partial charge in [-0.3, -0.25) is 0 Å². The summed E-state index contributed by atoms with van der Waals surface area (Å²) in [6, 6.07) is 9.71. The Kier molecular flexibility index (Phi) is 7.27. The molecule has 3 rings (SSSR count). The van der Waals surface area contributed by atoms with E-state index in [-0.39, 0.29) is 24.3 Å². The Balaban J connectivity index is 1.62. The molecule has 1 N–H and O–H groups in total. The molecule has 2 aliphatic rings. The molecule has 0 aromatic heterocycles. The van der Waals surface area contributed by atoms with Gasteiger partial charge >= 0.3 is 12.2 Å². The van der Waals surface area contributed by atoms with E-state index in [1.54, 1.807) is 4.90 Å². The zero-order chi connectivity index (χ0) is 21.6. The summed E-state index contributed by atoms with van der Waals surface area (Å²) in [5.74, 6) is 0.427. The summed E-state index contributed by atoms with van der Waals surface area (Å²) in [5.41, 5.74) is 0.153. The molecular weight excluding hydrogens is 380 g/mol. The zero-order valence-corrected chi connectivity index (χ0v) is 18.6. The molecule has 0 atom stereocenters. The Morgan fingerprint density at radius 3 is 2.30 bits per heavy atom. The van der Waals surface area contributed by atoms with Crippen molar-refractivity contribution in [2.24, 2.45) is 5.92 Å². The van der Waals surface area contributed by atoms with Crippen LogP contribution in [-0.4, -0.2) is 41.3 Å². The van der Waals surface area contributed by atoms with Crippen molar-refractivity contribution in [1.29, 1.82) is 0 Å². The van der Waals surface area contributed by atoms with Crippen molar-refractivity contribution in [2.45, 2.75) is 83.5 Å². The molecule has 6 nitrogen and oxygen atoms in total. The SMILES string of the molecule is CC(C)(C)OC(=O)N1CCC(NC(=O)OCc2ccccc2)(C2CCCCC2)CC1. The highest BCUT2D eigenvalue weighted by Crippen LogP contribution is 2.39. The van der Waals surface area contributed by atoms with Gasteiger partial charge in [0.2, 0.25) is 0 Å². The van der Waals surface area contributed by atoms with Gasteiger partial charge in [-0.05, 0) is 57.9 Å². The topological polar surface area (TPSA) is 67.9 Å². The highest BCUT2D eigenvalue weighted by atomic mass is 16.6. The normalized spacial score (nSPS) is 19.8. The van der Waals surface area contributed by atoms with Crippen molar-refractivity contribution in [3.05, 3.63) is 35.9 Å². The van der Waals surface area contributed by atoms with E-state index in [1.807, 2.05) is 51.1 Å². The van der Waals surface area contributed by atoms with Gasteiger partial charge in [-0.25, -0.2) is 9.59 Å². The Morgan fingerprint density at radius 2 is 1.70 bits per heavy atom. The summed E-state index contributed by atoms with van der Waals surface area (Å²) in [6.07, 6.45) is 6.72. The summed E-state index contributed by atoms with van der Waals surface area (Å²) in [5, 5.41) is 3.24. The third-order valence-electron chi connectivity index (χ3n) is 6.26. The van der Waals surface area contributed by atoms with Crippen LogP contribution in [0.1, 0.15) is 71.3 Å². The van der Waals surface area contributed by atoms with Crippen LogP contribution in [0.3, 0.4) is 0 Å². The number of piperidine rings is 1. The third-order valence-corrected chi connectivity index (χ3v) is 6.26. The number of hydrogen-bond donors (Lipinski definition) is 1. The number of likely N-dealkylation sites (tertiary alicyclic amines) is 1. The molecule has 1 aromatic carbocycles. The minimum absolute atomic E-state index is 0.261. The van der Waals surface area contributed by atoms with Crippen LogP contribution in [0.2, 0.25) is 0 Å². The number of ether oxygens (including phenoxy) is 2. The van der Waals surface area contributed by atoms with E-state index in [1.165, 1.54) is 19.3 Å². The fourth-order valence-corrected chi connectivity index (χ4v) is 4.67. The van der Waals surface area contributed by atoms with Crippen molar-refractivity contribution in [2.75, 3.05) is 13.1 Å². The van der Waals surface area contributed by atoms with Crippen LogP contribution >= 0.6 is 0 Å². The van der Waals surface area contributed by atoms with Gasteiger partial charge in [0.1, 0.15) is 12.2 Å². The van der Waals surface area contributed by atoms with Crippen LogP contribution < -0.4 is 5.32 Å². The molecule has 1 aliphatic carbocycles. The number of hydrogen-bond acceptors (Lipinski definition) is 4. The number of alkyl carbamates (subject to hydrolysis) is 1. The maximum atomic E-state index is 12.7. The first-order chi connectivity index (χ1) is 14.3. The van der Waals surface area contributed by atoms with Gasteiger partial charge in [0.25, 0.3) is 0 Å². The molecule has 1 saturated heterocycles. The van der Waals surface area contributed by atoms with Gasteiger partial charge in [0, 0.05) is 18.6 Å². The summed E-state index contributed by atoms with van der Waals surface area (Å²) in [7, 11) is 0. The largest absolute Gasteiger partial charge is 0.445 e. The molecule has 2 amide bonds. The monoisotopic (exact) mass is 416 g/mol. The molecule has 30 heavy (non-hydrogen) atoms. The fourth-order valence-electron chi connectivity index (χ4n) is 4.67. The van der Waals surface area contributed by atoms with Crippen LogP contribution in [0.5, 0.6) is 0 Å². The van der Waals surface area contributed by atoms with Crippen molar-refractivity contribution >= 4 is 12.2 Å². The van der Waals surface area contributed by atoms with E-state index in [2.05, 4.69) is 5.32 Å². The second-order valence-electron chi connectivity index (χ2n) is 9.65. The number of nitrogens with zero attached hydrogens (tertiary/aromatic N) is 1. The molecule has 166 valence electrons. The van der Waals surface area contributed by atoms with E-state index in [0.29, 0.717) is 19.0 Å². The molecule has 1 aromatic rings. The fraction of sp³-hybridized carbons (Fsp3) is 0.667. The minimum Gasteiger partial charge on any atom is -0.445 e. The predicted octanol–water partition coefficient (Wildman–Crippen LogP) is 5.26. The Labute approximate surface area is 180 Å². The quantitative estimate of drug-likeness (QED) is 0.727. The number of carbonyl (C=O) groups excluding carboxylic acids is 2. The van der Waals surface area contributed by atoms with E-state index in [4.69, 9.17) is 9.47 Å². The second-order valence-corrected chi connectivity index (χ2v) is 9.65. The van der Waals surface area contributed by atoms with Crippen LogP contribution in [0.25, 0.3) is 0 Å². The minimum atomic E-state index is -0.505.